The summed E-state index contributed by atoms with van der Waals surface area (Å²) in [6, 6.07) is 15.2. The van der Waals surface area contributed by atoms with Gasteiger partial charge in [-0.15, -0.1) is 11.8 Å². The van der Waals surface area contributed by atoms with E-state index in [1.54, 1.807) is 23.7 Å². The number of nitrogens with zero attached hydrogens (tertiary/aromatic N) is 1. The Morgan fingerprint density at radius 1 is 1.14 bits per heavy atom. The molecular weight excluding hydrogens is 404 g/mol. The fraction of sp³-hybridized carbons (Fsp3) is 0.391. The SMILES string of the molecule is CCC(C(=O)NC)N(Cc1ccccc1C)C(=O)CCCSc1ccc(Cl)cc1. The number of benzene rings is 2. The summed E-state index contributed by atoms with van der Waals surface area (Å²) in [6.45, 7) is 4.41. The minimum absolute atomic E-state index is 0.0143. The highest BCUT2D eigenvalue weighted by Crippen LogP contribution is 2.22. The van der Waals surface area contributed by atoms with Crippen LogP contribution in [0.3, 0.4) is 0 Å². The Bertz CT molecular complexity index is 811. The van der Waals surface area contributed by atoms with Crippen molar-refractivity contribution in [3.8, 4) is 0 Å². The Kier molecular flexibility index (Phi) is 9.55. The monoisotopic (exact) mass is 432 g/mol. The van der Waals surface area contributed by atoms with Crippen LogP contribution in [0, 0.1) is 6.92 Å². The van der Waals surface area contributed by atoms with E-state index in [1.807, 2.05) is 62.4 Å². The molecule has 2 rings (SSSR count). The van der Waals surface area contributed by atoms with Crippen LogP contribution in [-0.2, 0) is 16.1 Å². The molecule has 0 heterocycles. The molecule has 0 spiro atoms. The number of carbonyl (C=O) groups is 2. The maximum absolute atomic E-state index is 13.1. The third-order valence-electron chi connectivity index (χ3n) is 4.85. The summed E-state index contributed by atoms with van der Waals surface area (Å²) < 4.78 is 0. The molecule has 0 aliphatic heterocycles. The highest BCUT2D eigenvalue weighted by Gasteiger charge is 2.27. The van der Waals surface area contributed by atoms with Crippen LogP contribution in [0.15, 0.2) is 53.4 Å². The van der Waals surface area contributed by atoms with Crippen LogP contribution in [-0.4, -0.2) is 35.6 Å². The number of halogens is 1. The highest BCUT2D eigenvalue weighted by atomic mass is 35.5. The van der Waals surface area contributed by atoms with Crippen LogP contribution in [0.2, 0.25) is 5.02 Å². The lowest BCUT2D eigenvalue weighted by atomic mass is 10.1. The number of amides is 2. The van der Waals surface area contributed by atoms with Gasteiger partial charge in [0.05, 0.1) is 0 Å². The molecule has 2 aromatic rings. The van der Waals surface area contributed by atoms with Crippen LogP contribution in [0.1, 0.15) is 37.3 Å². The normalized spacial score (nSPS) is 11.7. The van der Waals surface area contributed by atoms with Gasteiger partial charge in [0.2, 0.25) is 11.8 Å². The standard InChI is InChI=1S/C23H29ClN2O2S/c1-4-21(23(28)25-3)26(16-18-9-6-5-8-17(18)2)22(27)10-7-15-29-20-13-11-19(24)12-14-20/h5-6,8-9,11-14,21H,4,7,10,15-16H2,1-3H3,(H,25,28). The second-order valence-electron chi connectivity index (χ2n) is 6.89. The van der Waals surface area contributed by atoms with Gasteiger partial charge in [-0.25, -0.2) is 0 Å². The van der Waals surface area contributed by atoms with Crippen molar-refractivity contribution in [2.24, 2.45) is 0 Å². The van der Waals surface area contributed by atoms with Gasteiger partial charge in [-0.05, 0) is 60.9 Å². The summed E-state index contributed by atoms with van der Waals surface area (Å²) in [5.41, 5.74) is 2.19. The number of aryl methyl sites for hydroxylation is 1. The number of thioether (sulfide) groups is 1. The van der Waals surface area contributed by atoms with Crippen molar-refractivity contribution in [3.05, 3.63) is 64.7 Å². The summed E-state index contributed by atoms with van der Waals surface area (Å²) >= 11 is 7.62. The number of rotatable bonds is 10. The molecule has 0 saturated heterocycles. The number of hydrogen-bond acceptors (Lipinski definition) is 3. The van der Waals surface area contributed by atoms with E-state index in [-0.39, 0.29) is 11.8 Å². The zero-order chi connectivity index (χ0) is 21.2. The Morgan fingerprint density at radius 3 is 2.45 bits per heavy atom. The number of likely N-dealkylation sites (N-methyl/N-ethyl adjacent to an activating group) is 1. The Labute approximate surface area is 183 Å². The molecule has 0 saturated carbocycles. The number of hydrogen-bond donors (Lipinski definition) is 1. The lowest BCUT2D eigenvalue weighted by Crippen LogP contribution is -2.48. The van der Waals surface area contributed by atoms with E-state index in [1.165, 1.54) is 0 Å². The third-order valence-corrected chi connectivity index (χ3v) is 6.20. The molecule has 6 heteroatoms. The second kappa shape index (κ2) is 11.9. The summed E-state index contributed by atoms with van der Waals surface area (Å²) in [6.07, 6.45) is 1.75. The summed E-state index contributed by atoms with van der Waals surface area (Å²) in [5.74, 6) is 0.730. The first-order chi connectivity index (χ1) is 14.0. The Morgan fingerprint density at radius 2 is 1.83 bits per heavy atom. The maximum Gasteiger partial charge on any atom is 0.242 e. The highest BCUT2D eigenvalue weighted by molar-refractivity contribution is 7.99. The van der Waals surface area contributed by atoms with Gasteiger partial charge < -0.3 is 10.2 Å². The molecule has 4 nitrogen and oxygen atoms in total. The fourth-order valence-electron chi connectivity index (χ4n) is 3.14. The van der Waals surface area contributed by atoms with Crippen LogP contribution in [0.5, 0.6) is 0 Å². The van der Waals surface area contributed by atoms with Gasteiger partial charge in [0.15, 0.2) is 0 Å². The lowest BCUT2D eigenvalue weighted by molar-refractivity contribution is -0.141. The van der Waals surface area contributed by atoms with Crippen LogP contribution >= 0.6 is 23.4 Å². The van der Waals surface area contributed by atoms with E-state index >= 15 is 0 Å². The second-order valence-corrected chi connectivity index (χ2v) is 8.50. The number of carbonyl (C=O) groups excluding carboxylic acids is 2. The molecule has 1 unspecified atom stereocenters. The van der Waals surface area contributed by atoms with Crippen molar-refractivity contribution in [3.63, 3.8) is 0 Å². The fourth-order valence-corrected chi connectivity index (χ4v) is 4.12. The third kappa shape index (κ3) is 7.09. The van der Waals surface area contributed by atoms with Crippen molar-refractivity contribution in [1.82, 2.24) is 10.2 Å². The molecule has 0 aliphatic carbocycles. The van der Waals surface area contributed by atoms with Crippen molar-refractivity contribution in [1.29, 1.82) is 0 Å². The van der Waals surface area contributed by atoms with Crippen LogP contribution < -0.4 is 5.32 Å². The van der Waals surface area contributed by atoms with Gasteiger partial charge in [0, 0.05) is 29.9 Å². The lowest BCUT2D eigenvalue weighted by Gasteiger charge is -2.30. The van der Waals surface area contributed by atoms with Gasteiger partial charge >= 0.3 is 0 Å². The van der Waals surface area contributed by atoms with Gasteiger partial charge in [-0.2, -0.15) is 0 Å². The van der Waals surface area contributed by atoms with Crippen LogP contribution in [0.4, 0.5) is 0 Å². The molecular formula is C23H29ClN2O2S. The minimum Gasteiger partial charge on any atom is -0.357 e. The van der Waals surface area contributed by atoms with Crippen molar-refractivity contribution < 1.29 is 9.59 Å². The Balaban J connectivity index is 2.02. The van der Waals surface area contributed by atoms with E-state index < -0.39 is 6.04 Å². The van der Waals surface area contributed by atoms with Crippen molar-refractivity contribution in [2.45, 2.75) is 50.6 Å². The summed E-state index contributed by atoms with van der Waals surface area (Å²) in [4.78, 5) is 28.3. The van der Waals surface area contributed by atoms with Gasteiger partial charge in [-0.1, -0.05) is 42.8 Å². The van der Waals surface area contributed by atoms with E-state index in [9.17, 15) is 9.59 Å². The van der Waals surface area contributed by atoms with E-state index in [0.29, 0.717) is 19.4 Å². The first-order valence-corrected chi connectivity index (χ1v) is 11.3. The summed E-state index contributed by atoms with van der Waals surface area (Å²) in [5, 5.41) is 3.42. The predicted octanol–water partition coefficient (Wildman–Crippen LogP) is 5.07. The van der Waals surface area contributed by atoms with Gasteiger partial charge in [0.1, 0.15) is 6.04 Å². The molecule has 2 aromatic carbocycles. The number of nitrogens with one attached hydrogen (secondary N) is 1. The molecule has 1 atom stereocenters. The molecule has 29 heavy (non-hydrogen) atoms. The molecule has 1 N–H and O–H groups in total. The average molecular weight is 433 g/mol. The molecule has 0 aromatic heterocycles. The molecule has 0 bridgehead atoms. The zero-order valence-corrected chi connectivity index (χ0v) is 18.9. The average Bonchev–Trinajstić information content (AvgIpc) is 2.73. The molecule has 0 aliphatic rings. The molecule has 2 amide bonds. The van der Waals surface area contributed by atoms with Gasteiger partial charge in [-0.3, -0.25) is 9.59 Å². The molecule has 156 valence electrons. The first kappa shape index (κ1) is 23.3. The van der Waals surface area contributed by atoms with Crippen LogP contribution in [0.25, 0.3) is 0 Å². The van der Waals surface area contributed by atoms with E-state index in [4.69, 9.17) is 11.6 Å². The molecule has 0 fully saturated rings. The van der Waals surface area contributed by atoms with Crippen molar-refractivity contribution in [2.75, 3.05) is 12.8 Å². The minimum atomic E-state index is -0.462. The largest absolute Gasteiger partial charge is 0.357 e. The predicted molar refractivity (Wildman–Crippen MR) is 121 cm³/mol. The smallest absolute Gasteiger partial charge is 0.242 e. The van der Waals surface area contributed by atoms with Gasteiger partial charge in [0.25, 0.3) is 0 Å². The van der Waals surface area contributed by atoms with Crippen molar-refractivity contribution >= 4 is 35.2 Å². The quantitative estimate of drug-likeness (QED) is 0.421. The summed E-state index contributed by atoms with van der Waals surface area (Å²) in [7, 11) is 1.62. The first-order valence-electron chi connectivity index (χ1n) is 9.90. The topological polar surface area (TPSA) is 49.4 Å². The maximum atomic E-state index is 13.1. The molecule has 0 radical (unpaired) electrons. The van der Waals surface area contributed by atoms with E-state index in [2.05, 4.69) is 5.32 Å². The Hall–Kier alpha value is -1.98. The van der Waals surface area contributed by atoms with E-state index in [0.717, 1.165) is 33.2 Å². The zero-order valence-electron chi connectivity index (χ0n) is 17.3.